The van der Waals surface area contributed by atoms with E-state index in [1.165, 1.54) is 4.90 Å². The van der Waals surface area contributed by atoms with E-state index in [1.54, 1.807) is 43.3 Å². The van der Waals surface area contributed by atoms with Crippen molar-refractivity contribution in [2.75, 3.05) is 6.54 Å². The SMILES string of the molecule is CCNC(=O)[C@H](C)N(Cc1ccc(Cl)cc1Cl)C(=O)Cc1c(Cl)cccc1Cl. The van der Waals surface area contributed by atoms with Gasteiger partial charge in [0.15, 0.2) is 0 Å². The lowest BCUT2D eigenvalue weighted by atomic mass is 10.1. The average Bonchev–Trinajstić information content (AvgIpc) is 2.63. The van der Waals surface area contributed by atoms with Crippen LogP contribution in [0.5, 0.6) is 0 Å². The van der Waals surface area contributed by atoms with E-state index in [0.717, 1.165) is 0 Å². The molecule has 2 aromatic rings. The molecule has 0 saturated heterocycles. The molecule has 2 amide bonds. The molecule has 0 aliphatic heterocycles. The third-order valence-corrected chi connectivity index (χ3v) is 5.56. The Hall–Kier alpha value is -1.46. The first-order chi connectivity index (χ1) is 13.2. The van der Waals surface area contributed by atoms with Gasteiger partial charge in [-0.15, -0.1) is 0 Å². The zero-order chi connectivity index (χ0) is 20.8. The predicted octanol–water partition coefficient (Wildman–Crippen LogP) is 5.40. The Morgan fingerprint density at radius 1 is 1.04 bits per heavy atom. The minimum Gasteiger partial charge on any atom is -0.355 e. The Balaban J connectivity index is 2.33. The molecule has 0 unspecified atom stereocenters. The number of hydrogen-bond donors (Lipinski definition) is 1. The molecule has 2 aromatic carbocycles. The van der Waals surface area contributed by atoms with Crippen LogP contribution in [0, 0.1) is 0 Å². The highest BCUT2D eigenvalue weighted by Crippen LogP contribution is 2.27. The molecule has 0 fully saturated rings. The first kappa shape index (κ1) is 22.8. The molecular weight excluding hydrogens is 442 g/mol. The number of hydrogen-bond acceptors (Lipinski definition) is 2. The molecule has 0 aliphatic rings. The second kappa shape index (κ2) is 10.4. The van der Waals surface area contributed by atoms with Gasteiger partial charge in [-0.1, -0.05) is 58.5 Å². The fourth-order valence-electron chi connectivity index (χ4n) is 2.69. The Morgan fingerprint density at radius 2 is 1.68 bits per heavy atom. The highest BCUT2D eigenvalue weighted by Gasteiger charge is 2.27. The number of carbonyl (C=O) groups is 2. The maximum atomic E-state index is 13.1. The summed E-state index contributed by atoms with van der Waals surface area (Å²) in [7, 11) is 0. The van der Waals surface area contributed by atoms with Crippen LogP contribution in [0.3, 0.4) is 0 Å². The molecule has 2 rings (SSSR count). The zero-order valence-electron chi connectivity index (χ0n) is 15.4. The zero-order valence-corrected chi connectivity index (χ0v) is 18.5. The monoisotopic (exact) mass is 460 g/mol. The van der Waals surface area contributed by atoms with E-state index in [4.69, 9.17) is 46.4 Å². The highest BCUT2D eigenvalue weighted by atomic mass is 35.5. The Labute approximate surface area is 184 Å². The number of amides is 2. The van der Waals surface area contributed by atoms with E-state index in [9.17, 15) is 9.59 Å². The van der Waals surface area contributed by atoms with Crippen molar-refractivity contribution >= 4 is 58.2 Å². The molecule has 0 aromatic heterocycles. The maximum absolute atomic E-state index is 13.1. The van der Waals surface area contributed by atoms with Crippen LogP contribution < -0.4 is 5.32 Å². The van der Waals surface area contributed by atoms with Crippen LogP contribution in [0.2, 0.25) is 20.1 Å². The van der Waals surface area contributed by atoms with Crippen LogP contribution in [0.1, 0.15) is 25.0 Å². The molecule has 0 radical (unpaired) electrons. The van der Waals surface area contributed by atoms with E-state index in [0.29, 0.717) is 37.8 Å². The molecule has 0 spiro atoms. The summed E-state index contributed by atoms with van der Waals surface area (Å²) in [6.07, 6.45) is -0.0343. The van der Waals surface area contributed by atoms with Gasteiger partial charge in [-0.3, -0.25) is 9.59 Å². The average molecular weight is 462 g/mol. The van der Waals surface area contributed by atoms with Crippen LogP contribution in [0.4, 0.5) is 0 Å². The summed E-state index contributed by atoms with van der Waals surface area (Å²) in [6, 6.07) is 9.36. The summed E-state index contributed by atoms with van der Waals surface area (Å²) in [5.41, 5.74) is 1.20. The lowest BCUT2D eigenvalue weighted by Gasteiger charge is -2.29. The summed E-state index contributed by atoms with van der Waals surface area (Å²) < 4.78 is 0. The normalized spacial score (nSPS) is 11.8. The molecule has 8 heteroatoms. The van der Waals surface area contributed by atoms with Gasteiger partial charge >= 0.3 is 0 Å². The summed E-state index contributed by atoms with van der Waals surface area (Å²) in [6.45, 7) is 4.09. The molecule has 4 nitrogen and oxygen atoms in total. The fraction of sp³-hybridized carbons (Fsp3) is 0.300. The quantitative estimate of drug-likeness (QED) is 0.600. The van der Waals surface area contributed by atoms with Crippen LogP contribution in [0.25, 0.3) is 0 Å². The lowest BCUT2D eigenvalue weighted by Crippen LogP contribution is -2.48. The summed E-state index contributed by atoms with van der Waals surface area (Å²) in [5, 5.41) is 4.45. The Morgan fingerprint density at radius 3 is 2.25 bits per heavy atom. The topological polar surface area (TPSA) is 49.4 Å². The standard InChI is InChI=1S/C20H20Cl4N2O2/c1-3-25-20(28)12(2)26(11-13-7-8-14(21)9-18(13)24)19(27)10-15-16(22)5-4-6-17(15)23/h4-9,12H,3,10-11H2,1-2H3,(H,25,28)/t12-/m0/s1. The number of benzene rings is 2. The van der Waals surface area contributed by atoms with Crippen molar-refractivity contribution in [3.63, 3.8) is 0 Å². The first-order valence-corrected chi connectivity index (χ1v) is 10.2. The fourth-order valence-corrected chi connectivity index (χ4v) is 3.69. The van der Waals surface area contributed by atoms with E-state index in [1.807, 2.05) is 6.92 Å². The molecule has 0 aliphatic carbocycles. The molecule has 150 valence electrons. The van der Waals surface area contributed by atoms with Gasteiger partial charge in [0.1, 0.15) is 6.04 Å². The maximum Gasteiger partial charge on any atom is 0.242 e. The van der Waals surface area contributed by atoms with Gasteiger partial charge in [-0.25, -0.2) is 0 Å². The second-order valence-corrected chi connectivity index (χ2v) is 7.86. The van der Waals surface area contributed by atoms with Gasteiger partial charge in [-0.2, -0.15) is 0 Å². The Bertz CT molecular complexity index is 853. The van der Waals surface area contributed by atoms with Gasteiger partial charge in [0.25, 0.3) is 0 Å². The highest BCUT2D eigenvalue weighted by molar-refractivity contribution is 6.36. The van der Waals surface area contributed by atoms with Crippen molar-refractivity contribution in [3.05, 3.63) is 67.6 Å². The lowest BCUT2D eigenvalue weighted by molar-refractivity contribution is -0.140. The van der Waals surface area contributed by atoms with Crippen molar-refractivity contribution in [1.82, 2.24) is 10.2 Å². The second-order valence-electron chi connectivity index (χ2n) is 6.20. The summed E-state index contributed by atoms with van der Waals surface area (Å²) in [4.78, 5) is 27.0. The number of nitrogens with zero attached hydrogens (tertiary/aromatic N) is 1. The minimum absolute atomic E-state index is 0.0343. The molecular formula is C20H20Cl4N2O2. The van der Waals surface area contributed by atoms with Gasteiger partial charge in [0.2, 0.25) is 11.8 Å². The van der Waals surface area contributed by atoms with Crippen LogP contribution >= 0.6 is 46.4 Å². The van der Waals surface area contributed by atoms with Gasteiger partial charge in [-0.05, 0) is 49.2 Å². The largest absolute Gasteiger partial charge is 0.355 e. The molecule has 0 saturated carbocycles. The predicted molar refractivity (Wildman–Crippen MR) is 115 cm³/mol. The van der Waals surface area contributed by atoms with E-state index in [-0.39, 0.29) is 24.8 Å². The number of likely N-dealkylation sites (N-methyl/N-ethyl adjacent to an activating group) is 1. The summed E-state index contributed by atoms with van der Waals surface area (Å²) >= 11 is 24.6. The molecule has 28 heavy (non-hydrogen) atoms. The third kappa shape index (κ3) is 5.77. The van der Waals surface area contributed by atoms with Crippen molar-refractivity contribution in [2.24, 2.45) is 0 Å². The Kier molecular flexibility index (Phi) is 8.44. The molecule has 0 heterocycles. The number of halogens is 4. The van der Waals surface area contributed by atoms with Crippen molar-refractivity contribution in [3.8, 4) is 0 Å². The smallest absolute Gasteiger partial charge is 0.242 e. The van der Waals surface area contributed by atoms with Crippen molar-refractivity contribution in [2.45, 2.75) is 32.9 Å². The van der Waals surface area contributed by atoms with E-state index in [2.05, 4.69) is 5.32 Å². The van der Waals surface area contributed by atoms with Crippen LogP contribution in [-0.2, 0) is 22.6 Å². The van der Waals surface area contributed by atoms with E-state index < -0.39 is 6.04 Å². The third-order valence-electron chi connectivity index (χ3n) is 4.26. The van der Waals surface area contributed by atoms with Crippen molar-refractivity contribution < 1.29 is 9.59 Å². The minimum atomic E-state index is -0.708. The molecule has 1 N–H and O–H groups in total. The first-order valence-electron chi connectivity index (χ1n) is 8.68. The van der Waals surface area contributed by atoms with E-state index >= 15 is 0 Å². The van der Waals surface area contributed by atoms with Gasteiger partial charge < -0.3 is 10.2 Å². The van der Waals surface area contributed by atoms with Gasteiger partial charge in [0.05, 0.1) is 6.42 Å². The molecule has 0 bridgehead atoms. The van der Waals surface area contributed by atoms with Gasteiger partial charge in [0, 0.05) is 33.2 Å². The number of rotatable bonds is 7. The molecule has 1 atom stereocenters. The van der Waals surface area contributed by atoms with Crippen LogP contribution in [0.15, 0.2) is 36.4 Å². The summed E-state index contributed by atoms with van der Waals surface area (Å²) in [5.74, 6) is -0.550. The number of carbonyl (C=O) groups excluding carboxylic acids is 2. The van der Waals surface area contributed by atoms with Crippen LogP contribution in [-0.4, -0.2) is 29.3 Å². The van der Waals surface area contributed by atoms with Crippen molar-refractivity contribution in [1.29, 1.82) is 0 Å². The number of nitrogens with one attached hydrogen (secondary N) is 1.